The first-order chi connectivity index (χ1) is 4.79. The van der Waals surface area contributed by atoms with Gasteiger partial charge in [-0.3, -0.25) is 4.79 Å². The molecule has 1 nitrogen and oxygen atoms in total. The van der Waals surface area contributed by atoms with Crippen molar-refractivity contribution in [1.29, 1.82) is 0 Å². The van der Waals surface area contributed by atoms with E-state index in [4.69, 9.17) is 0 Å². The van der Waals surface area contributed by atoms with Crippen LogP contribution in [0.15, 0.2) is 12.2 Å². The first-order valence-corrected chi connectivity index (χ1v) is 4.00. The summed E-state index contributed by atoms with van der Waals surface area (Å²) in [6, 6.07) is 0. The summed E-state index contributed by atoms with van der Waals surface area (Å²) in [5, 5.41) is 0. The van der Waals surface area contributed by atoms with Crippen LogP contribution in [0.3, 0.4) is 0 Å². The number of Topliss-reactive ketones (excluding diaryl/α,β-unsaturated/α-hetero) is 1. The zero-order chi connectivity index (χ0) is 7.14. The summed E-state index contributed by atoms with van der Waals surface area (Å²) in [6.07, 6.45) is 6.33. The minimum Gasteiger partial charge on any atom is -0.299 e. The Kier molecular flexibility index (Phi) is 1.19. The van der Waals surface area contributed by atoms with Crippen molar-refractivity contribution in [2.24, 2.45) is 17.8 Å². The second-order valence-corrected chi connectivity index (χ2v) is 3.44. The lowest BCUT2D eigenvalue weighted by atomic mass is 9.92. The number of allylic oxidation sites excluding steroid dienone is 2. The van der Waals surface area contributed by atoms with Gasteiger partial charge in [-0.2, -0.15) is 0 Å². The summed E-state index contributed by atoms with van der Waals surface area (Å²) < 4.78 is 0. The van der Waals surface area contributed by atoms with Gasteiger partial charge in [0.05, 0.1) is 0 Å². The second-order valence-electron chi connectivity index (χ2n) is 3.44. The highest BCUT2D eigenvalue weighted by molar-refractivity contribution is 5.84. The molecule has 0 heterocycles. The number of hydrogen-bond acceptors (Lipinski definition) is 1. The lowest BCUT2D eigenvalue weighted by Gasteiger charge is -2.11. The summed E-state index contributed by atoms with van der Waals surface area (Å²) in [7, 11) is 0. The molecule has 3 atom stereocenters. The summed E-state index contributed by atoms with van der Waals surface area (Å²) in [5.74, 6) is 1.96. The Hall–Kier alpha value is -0.590. The molecule has 0 amide bonds. The molecule has 1 fully saturated rings. The molecule has 0 radical (unpaired) electrons. The molecule has 0 spiro atoms. The van der Waals surface area contributed by atoms with E-state index in [2.05, 4.69) is 19.1 Å². The average Bonchev–Trinajstić information content (AvgIpc) is 2.40. The molecule has 1 saturated carbocycles. The van der Waals surface area contributed by atoms with Crippen molar-refractivity contribution in [3.8, 4) is 0 Å². The van der Waals surface area contributed by atoms with Crippen molar-refractivity contribution in [3.05, 3.63) is 12.2 Å². The van der Waals surface area contributed by atoms with Crippen LogP contribution in [0.25, 0.3) is 0 Å². The van der Waals surface area contributed by atoms with Gasteiger partial charge in [0, 0.05) is 12.3 Å². The smallest absolute Gasteiger partial charge is 0.137 e. The summed E-state index contributed by atoms with van der Waals surface area (Å²) in [5.41, 5.74) is 0. The molecule has 2 rings (SSSR count). The van der Waals surface area contributed by atoms with E-state index in [1.807, 2.05) is 0 Å². The number of hydrogen-bond donors (Lipinski definition) is 0. The molecular formula is C9H12O. The lowest BCUT2D eigenvalue weighted by Crippen LogP contribution is -2.15. The zero-order valence-electron chi connectivity index (χ0n) is 6.21. The van der Waals surface area contributed by atoms with Gasteiger partial charge in [0.1, 0.15) is 5.78 Å². The van der Waals surface area contributed by atoms with Gasteiger partial charge in [-0.05, 0) is 18.3 Å². The van der Waals surface area contributed by atoms with E-state index in [-0.39, 0.29) is 0 Å². The lowest BCUT2D eigenvalue weighted by molar-refractivity contribution is -0.121. The van der Waals surface area contributed by atoms with Crippen LogP contribution in [0.1, 0.15) is 19.8 Å². The number of ketones is 1. The van der Waals surface area contributed by atoms with Crippen molar-refractivity contribution < 1.29 is 4.79 Å². The molecule has 2 aliphatic rings. The number of carbonyl (C=O) groups excluding carboxylic acids is 1. The highest BCUT2D eigenvalue weighted by Crippen LogP contribution is 2.40. The van der Waals surface area contributed by atoms with Crippen LogP contribution in [0, 0.1) is 17.8 Å². The SMILES string of the molecule is C[C@H]1C=C[C@@H]2CCC(=O)[C@@H]21. The third-order valence-corrected chi connectivity index (χ3v) is 2.79. The molecule has 0 saturated heterocycles. The number of fused-ring (bicyclic) bond motifs is 1. The molecular weight excluding hydrogens is 124 g/mol. The predicted octanol–water partition coefficient (Wildman–Crippen LogP) is 1.79. The van der Waals surface area contributed by atoms with Crippen molar-refractivity contribution >= 4 is 5.78 Å². The molecule has 0 unspecified atom stereocenters. The zero-order valence-corrected chi connectivity index (χ0v) is 6.21. The van der Waals surface area contributed by atoms with Crippen LogP contribution in [0.4, 0.5) is 0 Å². The molecule has 0 bridgehead atoms. The molecule has 0 aliphatic heterocycles. The van der Waals surface area contributed by atoms with Gasteiger partial charge in [-0.15, -0.1) is 0 Å². The van der Waals surface area contributed by atoms with Gasteiger partial charge in [0.15, 0.2) is 0 Å². The molecule has 2 aliphatic carbocycles. The Morgan fingerprint density at radius 2 is 2.30 bits per heavy atom. The number of carbonyl (C=O) groups is 1. The van der Waals surface area contributed by atoms with Crippen LogP contribution in [0.2, 0.25) is 0 Å². The Balaban J connectivity index is 2.25. The normalized spacial score (nSPS) is 44.5. The maximum Gasteiger partial charge on any atom is 0.137 e. The third-order valence-electron chi connectivity index (χ3n) is 2.79. The summed E-state index contributed by atoms with van der Waals surface area (Å²) >= 11 is 0. The van der Waals surface area contributed by atoms with Crippen LogP contribution in [-0.4, -0.2) is 5.78 Å². The molecule has 0 N–H and O–H groups in total. The molecule has 0 aromatic heterocycles. The number of rotatable bonds is 0. The maximum absolute atomic E-state index is 11.2. The molecule has 10 heavy (non-hydrogen) atoms. The maximum atomic E-state index is 11.2. The fourth-order valence-corrected chi connectivity index (χ4v) is 2.23. The summed E-state index contributed by atoms with van der Waals surface area (Å²) in [4.78, 5) is 11.2. The molecule has 54 valence electrons. The van der Waals surface area contributed by atoms with E-state index in [1.54, 1.807) is 0 Å². The van der Waals surface area contributed by atoms with Crippen molar-refractivity contribution in [3.63, 3.8) is 0 Å². The van der Waals surface area contributed by atoms with E-state index in [0.717, 1.165) is 12.8 Å². The largest absolute Gasteiger partial charge is 0.299 e. The van der Waals surface area contributed by atoms with E-state index in [0.29, 0.717) is 23.5 Å². The van der Waals surface area contributed by atoms with Crippen LogP contribution in [-0.2, 0) is 4.79 Å². The standard InChI is InChI=1S/C9H12O/c1-6-2-3-7-4-5-8(10)9(6)7/h2-3,6-7,9H,4-5H2,1H3/t6-,7+,9+/m0/s1. The average molecular weight is 136 g/mol. The molecule has 0 aromatic carbocycles. The topological polar surface area (TPSA) is 17.1 Å². The van der Waals surface area contributed by atoms with Crippen LogP contribution in [0.5, 0.6) is 0 Å². The van der Waals surface area contributed by atoms with E-state index in [1.165, 1.54) is 0 Å². The Bertz CT molecular complexity index is 193. The monoisotopic (exact) mass is 136 g/mol. The van der Waals surface area contributed by atoms with Gasteiger partial charge < -0.3 is 0 Å². The Labute approximate surface area is 61.1 Å². The third kappa shape index (κ3) is 0.664. The van der Waals surface area contributed by atoms with E-state index < -0.39 is 0 Å². The van der Waals surface area contributed by atoms with Gasteiger partial charge in [-0.1, -0.05) is 19.1 Å². The van der Waals surface area contributed by atoms with Crippen molar-refractivity contribution in [1.82, 2.24) is 0 Å². The molecule has 1 heteroatoms. The van der Waals surface area contributed by atoms with Gasteiger partial charge in [-0.25, -0.2) is 0 Å². The summed E-state index contributed by atoms with van der Waals surface area (Å²) in [6.45, 7) is 2.14. The fraction of sp³-hybridized carbons (Fsp3) is 0.667. The minimum atomic E-state index is 0.361. The second kappa shape index (κ2) is 1.94. The van der Waals surface area contributed by atoms with Crippen LogP contribution < -0.4 is 0 Å². The first-order valence-electron chi connectivity index (χ1n) is 4.00. The van der Waals surface area contributed by atoms with Gasteiger partial charge in [0.25, 0.3) is 0 Å². The van der Waals surface area contributed by atoms with E-state index in [9.17, 15) is 4.79 Å². The Morgan fingerprint density at radius 3 is 3.00 bits per heavy atom. The van der Waals surface area contributed by atoms with Crippen molar-refractivity contribution in [2.75, 3.05) is 0 Å². The minimum absolute atomic E-state index is 0.361. The van der Waals surface area contributed by atoms with Gasteiger partial charge >= 0.3 is 0 Å². The van der Waals surface area contributed by atoms with Gasteiger partial charge in [0.2, 0.25) is 0 Å². The van der Waals surface area contributed by atoms with Crippen LogP contribution >= 0.6 is 0 Å². The predicted molar refractivity (Wildman–Crippen MR) is 39.5 cm³/mol. The Morgan fingerprint density at radius 1 is 1.50 bits per heavy atom. The highest BCUT2D eigenvalue weighted by Gasteiger charge is 2.38. The fourth-order valence-electron chi connectivity index (χ4n) is 2.23. The quantitative estimate of drug-likeness (QED) is 0.464. The van der Waals surface area contributed by atoms with Crippen molar-refractivity contribution in [2.45, 2.75) is 19.8 Å². The first kappa shape index (κ1) is 6.14. The highest BCUT2D eigenvalue weighted by atomic mass is 16.1. The molecule has 0 aromatic rings. The van der Waals surface area contributed by atoms with E-state index >= 15 is 0 Å².